The maximum Gasteiger partial charge on any atom is 0.329 e. The topological polar surface area (TPSA) is 90.4 Å². The molecule has 0 saturated carbocycles. The third-order valence-corrected chi connectivity index (χ3v) is 5.81. The summed E-state index contributed by atoms with van der Waals surface area (Å²) in [5.41, 5.74) is 2.17. The molecule has 0 aliphatic carbocycles. The number of amides is 2. The van der Waals surface area contributed by atoms with Gasteiger partial charge in [-0.2, -0.15) is 0 Å². The molecule has 1 heterocycles. The molecule has 1 fully saturated rings. The molecule has 8 nitrogen and oxygen atoms in total. The van der Waals surface area contributed by atoms with Crippen LogP contribution in [0.4, 0.5) is 10.1 Å². The summed E-state index contributed by atoms with van der Waals surface area (Å²) in [6.45, 7) is -0.184. The van der Waals surface area contributed by atoms with Crippen molar-refractivity contribution in [2.45, 2.75) is 31.5 Å². The number of esters is 1. The van der Waals surface area contributed by atoms with Crippen LogP contribution in [-0.4, -0.2) is 79.1 Å². The highest BCUT2D eigenvalue weighted by Crippen LogP contribution is 2.21. The Morgan fingerprint density at radius 1 is 1.09 bits per heavy atom. The molecule has 0 radical (unpaired) electrons. The number of benzene rings is 2. The Bertz CT molecular complexity index is 1030. The van der Waals surface area contributed by atoms with Gasteiger partial charge in [0, 0.05) is 46.3 Å². The maximum absolute atomic E-state index is 13.9. The molecule has 1 aliphatic heterocycles. The smallest absolute Gasteiger partial charge is 0.329 e. The lowest BCUT2D eigenvalue weighted by Gasteiger charge is -2.24. The van der Waals surface area contributed by atoms with Crippen LogP contribution in [0.1, 0.15) is 17.5 Å². The first-order valence-electron chi connectivity index (χ1n) is 11.0. The number of carbonyl (C=O) groups excluding carboxylic acids is 3. The number of likely N-dealkylation sites (N-methyl/N-ethyl adjacent to an activating group) is 1. The monoisotopic (exact) mass is 471 g/mol. The quantitative estimate of drug-likeness (QED) is 0.589. The molecule has 9 heteroatoms. The number of nitrogens with zero attached hydrogens (tertiary/aromatic N) is 3. The van der Waals surface area contributed by atoms with E-state index in [9.17, 15) is 23.9 Å². The standard InChI is InChI=1S/C25H30FN3O5/c1-27(2)19-10-8-17(9-11-19)14-28(3)24(32)16-34-25(33)22-13-20(30)15-29(22)23(31)12-18-6-4-5-7-21(18)26/h4-11,20,22,30H,12-16H2,1-3H3. The van der Waals surface area contributed by atoms with Crippen LogP contribution < -0.4 is 4.90 Å². The summed E-state index contributed by atoms with van der Waals surface area (Å²) in [7, 11) is 5.49. The fraction of sp³-hybridized carbons (Fsp3) is 0.400. The summed E-state index contributed by atoms with van der Waals surface area (Å²) in [6.07, 6.45) is -1.13. The number of rotatable bonds is 8. The van der Waals surface area contributed by atoms with Crippen LogP contribution in [0, 0.1) is 5.82 Å². The van der Waals surface area contributed by atoms with Crippen LogP contribution in [0.15, 0.2) is 48.5 Å². The van der Waals surface area contributed by atoms with E-state index >= 15 is 0 Å². The normalized spacial score (nSPS) is 17.4. The number of β-amino-alcohol motifs (C(OH)–C–C–N with tert-alkyl or cyclic N) is 1. The summed E-state index contributed by atoms with van der Waals surface area (Å²) in [4.78, 5) is 42.4. The highest BCUT2D eigenvalue weighted by molar-refractivity contribution is 5.88. The van der Waals surface area contributed by atoms with Gasteiger partial charge < -0.3 is 24.5 Å². The number of hydrogen-bond acceptors (Lipinski definition) is 6. The van der Waals surface area contributed by atoms with Gasteiger partial charge in [-0.25, -0.2) is 9.18 Å². The van der Waals surface area contributed by atoms with E-state index < -0.39 is 42.4 Å². The average molecular weight is 472 g/mol. The lowest BCUT2D eigenvalue weighted by Crippen LogP contribution is -2.43. The Hall–Kier alpha value is -3.46. The van der Waals surface area contributed by atoms with Crippen molar-refractivity contribution in [3.8, 4) is 0 Å². The molecule has 1 N–H and O–H groups in total. The summed E-state index contributed by atoms with van der Waals surface area (Å²) >= 11 is 0. The number of likely N-dealkylation sites (tertiary alicyclic amines) is 1. The predicted molar refractivity (Wildman–Crippen MR) is 124 cm³/mol. The first-order chi connectivity index (χ1) is 16.2. The van der Waals surface area contributed by atoms with Crippen LogP contribution in [0.25, 0.3) is 0 Å². The molecular formula is C25H30FN3O5. The number of hydrogen-bond donors (Lipinski definition) is 1. The zero-order valence-corrected chi connectivity index (χ0v) is 19.6. The van der Waals surface area contributed by atoms with E-state index in [1.807, 2.05) is 43.3 Å². The molecule has 1 aliphatic rings. The van der Waals surface area contributed by atoms with E-state index in [1.54, 1.807) is 13.1 Å². The van der Waals surface area contributed by atoms with Crippen LogP contribution in [-0.2, 0) is 32.1 Å². The molecule has 34 heavy (non-hydrogen) atoms. The number of halogens is 1. The fourth-order valence-electron chi connectivity index (χ4n) is 3.82. The number of anilines is 1. The lowest BCUT2D eigenvalue weighted by molar-refractivity contribution is -0.157. The summed E-state index contributed by atoms with van der Waals surface area (Å²) < 4.78 is 19.1. The largest absolute Gasteiger partial charge is 0.454 e. The zero-order chi connectivity index (χ0) is 24.8. The van der Waals surface area contributed by atoms with Gasteiger partial charge in [-0.1, -0.05) is 30.3 Å². The van der Waals surface area contributed by atoms with Crippen LogP contribution in [0.5, 0.6) is 0 Å². The van der Waals surface area contributed by atoms with Crippen molar-refractivity contribution in [2.24, 2.45) is 0 Å². The Morgan fingerprint density at radius 2 is 1.76 bits per heavy atom. The van der Waals surface area contributed by atoms with E-state index in [4.69, 9.17) is 4.74 Å². The van der Waals surface area contributed by atoms with E-state index in [-0.39, 0.29) is 24.9 Å². The Balaban J connectivity index is 1.54. The molecular weight excluding hydrogens is 441 g/mol. The fourth-order valence-corrected chi connectivity index (χ4v) is 3.82. The minimum atomic E-state index is -1.02. The van der Waals surface area contributed by atoms with Gasteiger partial charge in [0.25, 0.3) is 5.91 Å². The molecule has 2 aromatic carbocycles. The molecule has 3 rings (SSSR count). The SMILES string of the molecule is CN(Cc1ccc(N(C)C)cc1)C(=O)COC(=O)C1CC(O)CN1C(=O)Cc1ccccc1F. The minimum Gasteiger partial charge on any atom is -0.454 e. The van der Waals surface area contributed by atoms with Crippen molar-refractivity contribution >= 4 is 23.5 Å². The summed E-state index contributed by atoms with van der Waals surface area (Å²) in [6, 6.07) is 12.6. The van der Waals surface area contributed by atoms with Crippen LogP contribution >= 0.6 is 0 Å². The summed E-state index contributed by atoms with van der Waals surface area (Å²) in [5, 5.41) is 10.0. The molecule has 2 atom stereocenters. The number of aliphatic hydroxyl groups excluding tert-OH is 1. The van der Waals surface area contributed by atoms with Gasteiger partial charge in [0.05, 0.1) is 12.5 Å². The van der Waals surface area contributed by atoms with Crippen molar-refractivity contribution in [3.63, 3.8) is 0 Å². The first-order valence-corrected chi connectivity index (χ1v) is 11.0. The van der Waals surface area contributed by atoms with E-state index in [0.717, 1.165) is 11.3 Å². The Kier molecular flexibility index (Phi) is 8.22. The molecule has 0 aromatic heterocycles. The second-order valence-electron chi connectivity index (χ2n) is 8.64. The number of aliphatic hydroxyl groups is 1. The van der Waals surface area contributed by atoms with Crippen molar-refractivity contribution in [3.05, 3.63) is 65.5 Å². The second-order valence-corrected chi connectivity index (χ2v) is 8.64. The van der Waals surface area contributed by atoms with Gasteiger partial charge in [0.2, 0.25) is 5.91 Å². The molecule has 2 aromatic rings. The number of carbonyl (C=O) groups is 3. The van der Waals surface area contributed by atoms with E-state index in [1.165, 1.54) is 28.0 Å². The highest BCUT2D eigenvalue weighted by atomic mass is 19.1. The van der Waals surface area contributed by atoms with Gasteiger partial charge >= 0.3 is 5.97 Å². The lowest BCUT2D eigenvalue weighted by atomic mass is 10.1. The third kappa shape index (κ3) is 6.32. The first kappa shape index (κ1) is 25.2. The summed E-state index contributed by atoms with van der Waals surface area (Å²) in [5.74, 6) is -2.17. The van der Waals surface area contributed by atoms with Gasteiger partial charge in [0.1, 0.15) is 11.9 Å². The van der Waals surface area contributed by atoms with Gasteiger partial charge in [-0.3, -0.25) is 9.59 Å². The molecule has 0 bridgehead atoms. The Morgan fingerprint density at radius 3 is 2.41 bits per heavy atom. The van der Waals surface area contributed by atoms with Crippen molar-refractivity contribution in [1.82, 2.24) is 9.80 Å². The average Bonchev–Trinajstić information content (AvgIpc) is 3.21. The second kappa shape index (κ2) is 11.1. The van der Waals surface area contributed by atoms with Crippen molar-refractivity contribution in [1.29, 1.82) is 0 Å². The third-order valence-electron chi connectivity index (χ3n) is 5.81. The van der Waals surface area contributed by atoms with Crippen LogP contribution in [0.2, 0.25) is 0 Å². The molecule has 2 unspecified atom stereocenters. The van der Waals surface area contributed by atoms with Gasteiger partial charge in [-0.15, -0.1) is 0 Å². The highest BCUT2D eigenvalue weighted by Gasteiger charge is 2.40. The zero-order valence-electron chi connectivity index (χ0n) is 19.6. The Labute approximate surface area is 198 Å². The van der Waals surface area contributed by atoms with E-state index in [2.05, 4.69) is 0 Å². The predicted octanol–water partition coefficient (Wildman–Crippen LogP) is 1.60. The van der Waals surface area contributed by atoms with Crippen LogP contribution in [0.3, 0.4) is 0 Å². The molecule has 182 valence electrons. The van der Waals surface area contributed by atoms with Gasteiger partial charge in [0.15, 0.2) is 6.61 Å². The van der Waals surface area contributed by atoms with Crippen molar-refractivity contribution in [2.75, 3.05) is 39.2 Å². The van der Waals surface area contributed by atoms with E-state index in [0.29, 0.717) is 6.54 Å². The molecule has 2 amide bonds. The number of ether oxygens (including phenoxy) is 1. The molecule has 1 saturated heterocycles. The molecule has 0 spiro atoms. The minimum absolute atomic E-state index is 0.00407. The maximum atomic E-state index is 13.9. The van der Waals surface area contributed by atoms with Crippen molar-refractivity contribution < 1.29 is 28.6 Å². The van der Waals surface area contributed by atoms with Gasteiger partial charge in [-0.05, 0) is 29.3 Å².